The minimum atomic E-state index is 0.667. The maximum Gasteiger partial charge on any atom is 0.120 e. The first kappa shape index (κ1) is 10.4. The molecule has 1 aliphatic heterocycles. The second-order valence-electron chi connectivity index (χ2n) is 3.96. The maximum absolute atomic E-state index is 10.2. The maximum atomic E-state index is 10.2. The van der Waals surface area contributed by atoms with Crippen LogP contribution >= 0.6 is 0 Å². The van der Waals surface area contributed by atoms with Gasteiger partial charge in [-0.1, -0.05) is 18.2 Å². The minimum absolute atomic E-state index is 0.667. The van der Waals surface area contributed by atoms with Gasteiger partial charge in [0.15, 0.2) is 0 Å². The predicted octanol–water partition coefficient (Wildman–Crippen LogP) is 2.28. The van der Waals surface area contributed by atoms with Gasteiger partial charge in [-0.05, 0) is 36.0 Å². The number of aryl methyl sites for hydroxylation is 1. The molecule has 2 rings (SSSR count). The van der Waals surface area contributed by atoms with Crippen LogP contribution in [0.3, 0.4) is 0 Å². The quantitative estimate of drug-likeness (QED) is 0.555. The number of ether oxygens (including phenoxy) is 1. The second-order valence-corrected chi connectivity index (χ2v) is 3.96. The van der Waals surface area contributed by atoms with Crippen LogP contribution in [0.4, 0.5) is 0 Å². The molecule has 2 nitrogen and oxygen atoms in total. The van der Waals surface area contributed by atoms with E-state index in [1.807, 2.05) is 0 Å². The summed E-state index contributed by atoms with van der Waals surface area (Å²) in [5.41, 5.74) is 4.09. The molecule has 15 heavy (non-hydrogen) atoms. The highest BCUT2D eigenvalue weighted by molar-refractivity contribution is 5.49. The monoisotopic (exact) mass is 204 g/mol. The van der Waals surface area contributed by atoms with Gasteiger partial charge in [0, 0.05) is 6.42 Å². The highest BCUT2D eigenvalue weighted by atomic mass is 16.5. The van der Waals surface area contributed by atoms with Gasteiger partial charge in [-0.2, -0.15) is 0 Å². The first-order valence-corrected chi connectivity index (χ1v) is 5.52. The van der Waals surface area contributed by atoms with Crippen LogP contribution in [-0.4, -0.2) is 12.9 Å². The molecule has 1 heterocycles. The lowest BCUT2D eigenvalue weighted by Gasteiger charge is -2.17. The summed E-state index contributed by atoms with van der Waals surface area (Å²) in [5.74, 6) is 0. The van der Waals surface area contributed by atoms with Gasteiger partial charge < -0.3 is 9.53 Å². The number of unbranched alkanes of at least 4 members (excludes halogenated alkanes) is 1. The molecule has 0 spiro atoms. The Kier molecular flexibility index (Phi) is 3.51. The molecule has 0 aliphatic carbocycles. The predicted molar refractivity (Wildman–Crippen MR) is 58.8 cm³/mol. The second kappa shape index (κ2) is 5.08. The molecule has 0 aromatic heterocycles. The fourth-order valence-electron chi connectivity index (χ4n) is 1.96. The molecule has 0 fully saturated rings. The molecule has 0 saturated carbocycles. The number of hydrogen-bond acceptors (Lipinski definition) is 2. The van der Waals surface area contributed by atoms with Crippen molar-refractivity contribution in [3.8, 4) is 0 Å². The van der Waals surface area contributed by atoms with Crippen LogP contribution in [-0.2, 0) is 29.0 Å². The van der Waals surface area contributed by atoms with E-state index in [-0.39, 0.29) is 0 Å². The van der Waals surface area contributed by atoms with Crippen molar-refractivity contribution in [3.05, 3.63) is 34.9 Å². The summed E-state index contributed by atoms with van der Waals surface area (Å²) >= 11 is 0. The Morgan fingerprint density at radius 2 is 2.27 bits per heavy atom. The van der Waals surface area contributed by atoms with Crippen molar-refractivity contribution in [2.24, 2.45) is 0 Å². The van der Waals surface area contributed by atoms with Gasteiger partial charge in [0.25, 0.3) is 0 Å². The summed E-state index contributed by atoms with van der Waals surface area (Å²) in [7, 11) is 0. The number of rotatable bonds is 4. The molecular formula is C13H16O2. The normalized spacial score (nSPS) is 14.7. The van der Waals surface area contributed by atoms with Crippen molar-refractivity contribution in [3.63, 3.8) is 0 Å². The highest BCUT2D eigenvalue weighted by Gasteiger charge is 2.09. The molecule has 2 heteroatoms. The molecule has 0 radical (unpaired) electrons. The van der Waals surface area contributed by atoms with E-state index < -0.39 is 0 Å². The van der Waals surface area contributed by atoms with Crippen molar-refractivity contribution >= 4 is 6.29 Å². The molecule has 1 aliphatic rings. The molecule has 0 bridgehead atoms. The van der Waals surface area contributed by atoms with E-state index in [2.05, 4.69) is 18.2 Å². The van der Waals surface area contributed by atoms with Crippen molar-refractivity contribution in [2.45, 2.75) is 32.3 Å². The van der Waals surface area contributed by atoms with Gasteiger partial charge in [0.2, 0.25) is 0 Å². The van der Waals surface area contributed by atoms with Gasteiger partial charge in [0.05, 0.1) is 13.2 Å². The zero-order valence-electron chi connectivity index (χ0n) is 8.87. The summed E-state index contributed by atoms with van der Waals surface area (Å²) in [6.45, 7) is 1.59. The lowest BCUT2D eigenvalue weighted by Crippen LogP contribution is -2.09. The number of carbonyl (C=O) groups is 1. The lowest BCUT2D eigenvalue weighted by atomic mass is 9.98. The van der Waals surface area contributed by atoms with Crippen LogP contribution in [0.1, 0.15) is 29.5 Å². The Morgan fingerprint density at radius 3 is 3.13 bits per heavy atom. The van der Waals surface area contributed by atoms with E-state index in [1.54, 1.807) is 0 Å². The largest absolute Gasteiger partial charge is 0.376 e. The average Bonchev–Trinajstić information content (AvgIpc) is 2.29. The van der Waals surface area contributed by atoms with Crippen molar-refractivity contribution in [2.75, 3.05) is 6.61 Å². The Balaban J connectivity index is 2.03. The topological polar surface area (TPSA) is 26.3 Å². The average molecular weight is 204 g/mol. The fourth-order valence-corrected chi connectivity index (χ4v) is 1.96. The fraction of sp³-hybridized carbons (Fsp3) is 0.462. The van der Waals surface area contributed by atoms with Crippen LogP contribution in [0.15, 0.2) is 18.2 Å². The summed E-state index contributed by atoms with van der Waals surface area (Å²) in [6.07, 6.45) is 4.65. The van der Waals surface area contributed by atoms with E-state index in [4.69, 9.17) is 4.74 Å². The molecule has 0 saturated heterocycles. The first-order chi connectivity index (χ1) is 7.40. The molecule has 0 N–H and O–H groups in total. The third-order valence-corrected chi connectivity index (χ3v) is 2.83. The number of aldehydes is 1. The zero-order valence-corrected chi connectivity index (χ0v) is 8.87. The van der Waals surface area contributed by atoms with E-state index in [1.165, 1.54) is 16.7 Å². The number of benzene rings is 1. The third-order valence-electron chi connectivity index (χ3n) is 2.83. The summed E-state index contributed by atoms with van der Waals surface area (Å²) in [5, 5.41) is 0. The van der Waals surface area contributed by atoms with Crippen molar-refractivity contribution < 1.29 is 9.53 Å². The molecule has 0 amide bonds. The summed E-state index contributed by atoms with van der Waals surface area (Å²) in [6, 6.07) is 6.58. The lowest BCUT2D eigenvalue weighted by molar-refractivity contribution is -0.107. The Bertz CT molecular complexity index is 344. The van der Waals surface area contributed by atoms with Crippen molar-refractivity contribution in [1.29, 1.82) is 0 Å². The molecule has 1 aromatic carbocycles. The highest BCUT2D eigenvalue weighted by Crippen LogP contribution is 2.19. The van der Waals surface area contributed by atoms with Crippen LogP contribution in [0, 0.1) is 0 Å². The van der Waals surface area contributed by atoms with Crippen LogP contribution in [0.5, 0.6) is 0 Å². The Labute approximate surface area is 90.3 Å². The van der Waals surface area contributed by atoms with E-state index in [0.717, 1.165) is 38.8 Å². The van der Waals surface area contributed by atoms with E-state index >= 15 is 0 Å². The number of carbonyl (C=O) groups excluding carboxylic acids is 1. The van der Waals surface area contributed by atoms with Crippen molar-refractivity contribution in [1.82, 2.24) is 0 Å². The van der Waals surface area contributed by atoms with Crippen LogP contribution in [0.2, 0.25) is 0 Å². The van der Waals surface area contributed by atoms with Gasteiger partial charge in [0.1, 0.15) is 6.29 Å². The molecular weight excluding hydrogens is 188 g/mol. The van der Waals surface area contributed by atoms with Crippen LogP contribution < -0.4 is 0 Å². The first-order valence-electron chi connectivity index (χ1n) is 5.52. The SMILES string of the molecule is O=CCCCc1ccc2c(c1)CCOC2. The van der Waals surface area contributed by atoms with Gasteiger partial charge in [-0.25, -0.2) is 0 Å². The smallest absolute Gasteiger partial charge is 0.120 e. The molecule has 1 aromatic rings. The summed E-state index contributed by atoms with van der Waals surface area (Å²) in [4.78, 5) is 10.2. The molecule has 0 atom stereocenters. The molecule has 80 valence electrons. The minimum Gasteiger partial charge on any atom is -0.376 e. The standard InChI is InChI=1S/C13H16O2/c14-7-2-1-3-11-4-5-13-10-15-8-6-12(13)9-11/h4-5,7,9H,1-3,6,8,10H2. The third kappa shape index (κ3) is 2.66. The van der Waals surface area contributed by atoms with Gasteiger partial charge in [-0.15, -0.1) is 0 Å². The zero-order chi connectivity index (χ0) is 10.5. The number of hydrogen-bond donors (Lipinski definition) is 0. The summed E-state index contributed by atoms with van der Waals surface area (Å²) < 4.78 is 5.39. The van der Waals surface area contributed by atoms with E-state index in [0.29, 0.717) is 6.42 Å². The Morgan fingerprint density at radius 1 is 1.33 bits per heavy atom. The molecule has 0 unspecified atom stereocenters. The van der Waals surface area contributed by atoms with Crippen LogP contribution in [0.25, 0.3) is 0 Å². The Hall–Kier alpha value is -1.15. The van der Waals surface area contributed by atoms with Gasteiger partial charge >= 0.3 is 0 Å². The van der Waals surface area contributed by atoms with E-state index in [9.17, 15) is 4.79 Å². The number of fused-ring (bicyclic) bond motifs is 1. The van der Waals surface area contributed by atoms with Gasteiger partial charge in [-0.3, -0.25) is 0 Å².